The van der Waals surface area contributed by atoms with Crippen molar-refractivity contribution in [3.05, 3.63) is 35.4 Å². The molecule has 3 heteroatoms. The van der Waals surface area contributed by atoms with Gasteiger partial charge in [0.1, 0.15) is 0 Å². The zero-order valence-corrected chi connectivity index (χ0v) is 14.9. The second-order valence-corrected chi connectivity index (χ2v) is 6.65. The van der Waals surface area contributed by atoms with Crippen molar-refractivity contribution in [1.29, 1.82) is 0 Å². The summed E-state index contributed by atoms with van der Waals surface area (Å²) in [6.07, 6.45) is 1.25. The molecule has 1 N–H and O–H groups in total. The third-order valence-corrected chi connectivity index (χ3v) is 3.70. The lowest BCUT2D eigenvalue weighted by atomic mass is 10.1. The lowest BCUT2D eigenvalue weighted by Crippen LogP contribution is -2.46. The first-order valence-corrected chi connectivity index (χ1v) is 8.72. The van der Waals surface area contributed by atoms with Crippen LogP contribution in [0.5, 0.6) is 0 Å². The Kier molecular flexibility index (Phi) is 9.37. The molecule has 1 aliphatic rings. The quantitative estimate of drug-likeness (QED) is 0.903. The van der Waals surface area contributed by atoms with Crippen molar-refractivity contribution in [1.82, 2.24) is 9.80 Å². The van der Waals surface area contributed by atoms with E-state index in [9.17, 15) is 0 Å². The van der Waals surface area contributed by atoms with Gasteiger partial charge in [0, 0.05) is 39.3 Å². The van der Waals surface area contributed by atoms with Gasteiger partial charge >= 0.3 is 0 Å². The van der Waals surface area contributed by atoms with Gasteiger partial charge in [0.2, 0.25) is 0 Å². The van der Waals surface area contributed by atoms with Crippen LogP contribution in [0, 0.1) is 5.92 Å². The Morgan fingerprint density at radius 2 is 1.36 bits per heavy atom. The Balaban J connectivity index is 0.000000745. The van der Waals surface area contributed by atoms with Crippen LogP contribution in [0.15, 0.2) is 24.3 Å². The van der Waals surface area contributed by atoms with Crippen molar-refractivity contribution in [2.45, 2.75) is 47.3 Å². The molecule has 2 rings (SSSR count). The lowest BCUT2D eigenvalue weighted by Gasteiger charge is -2.35. The highest BCUT2D eigenvalue weighted by molar-refractivity contribution is 5.21. The van der Waals surface area contributed by atoms with Gasteiger partial charge in [0.25, 0.3) is 0 Å². The van der Waals surface area contributed by atoms with Crippen LogP contribution in [0.2, 0.25) is 0 Å². The molecule has 1 fully saturated rings. The molecule has 1 aromatic rings. The Hall–Kier alpha value is -0.900. The molecule has 1 saturated heterocycles. The van der Waals surface area contributed by atoms with Gasteiger partial charge in [-0.15, -0.1) is 0 Å². The van der Waals surface area contributed by atoms with E-state index in [0.717, 1.165) is 31.1 Å². The van der Waals surface area contributed by atoms with Crippen LogP contribution < -0.4 is 0 Å². The lowest BCUT2D eigenvalue weighted by molar-refractivity contribution is 0.117. The molecule has 1 aliphatic heterocycles. The summed E-state index contributed by atoms with van der Waals surface area (Å²) in [4.78, 5) is 5.08. The molecule has 126 valence electrons. The van der Waals surface area contributed by atoms with Crippen molar-refractivity contribution < 1.29 is 5.11 Å². The summed E-state index contributed by atoms with van der Waals surface area (Å²) >= 11 is 0. The standard InChI is InChI=1S/C16H26N2O.C3H8/c1-14(2)11-17-7-9-18(10-8-17)12-15-3-5-16(13-19)6-4-15;1-3-2/h3-6,14,19H,7-13H2,1-2H3;3H2,1-2H3. The summed E-state index contributed by atoms with van der Waals surface area (Å²) in [5.74, 6) is 0.762. The summed E-state index contributed by atoms with van der Waals surface area (Å²) in [7, 11) is 0. The van der Waals surface area contributed by atoms with Crippen LogP contribution in [0.3, 0.4) is 0 Å². The molecule has 0 bridgehead atoms. The molecule has 0 aliphatic carbocycles. The fourth-order valence-electron chi connectivity index (χ4n) is 2.65. The van der Waals surface area contributed by atoms with Crippen LogP contribution in [-0.4, -0.2) is 47.6 Å². The van der Waals surface area contributed by atoms with Gasteiger partial charge in [-0.1, -0.05) is 58.4 Å². The van der Waals surface area contributed by atoms with E-state index in [4.69, 9.17) is 5.11 Å². The van der Waals surface area contributed by atoms with E-state index in [0.29, 0.717) is 0 Å². The molecule has 0 atom stereocenters. The molecule has 1 aromatic carbocycles. The van der Waals surface area contributed by atoms with Gasteiger partial charge in [-0.2, -0.15) is 0 Å². The number of nitrogens with zero attached hydrogens (tertiary/aromatic N) is 2. The normalized spacial score (nSPS) is 16.5. The molecule has 1 heterocycles. The first-order valence-electron chi connectivity index (χ1n) is 8.72. The summed E-state index contributed by atoms with van der Waals surface area (Å²) in [5.41, 5.74) is 2.33. The van der Waals surface area contributed by atoms with Crippen LogP contribution in [0.25, 0.3) is 0 Å². The first-order chi connectivity index (χ1) is 10.6. The second kappa shape index (κ2) is 10.8. The van der Waals surface area contributed by atoms with Gasteiger partial charge in [0.15, 0.2) is 0 Å². The molecule has 0 saturated carbocycles. The van der Waals surface area contributed by atoms with Crippen LogP contribution in [-0.2, 0) is 13.2 Å². The van der Waals surface area contributed by atoms with Crippen molar-refractivity contribution in [3.8, 4) is 0 Å². The predicted molar refractivity (Wildman–Crippen MR) is 94.9 cm³/mol. The third kappa shape index (κ3) is 7.39. The van der Waals surface area contributed by atoms with Crippen LogP contribution >= 0.6 is 0 Å². The molecule has 0 spiro atoms. The maximum absolute atomic E-state index is 9.04. The van der Waals surface area contributed by atoms with Crippen molar-refractivity contribution in [2.24, 2.45) is 5.92 Å². The zero-order valence-electron chi connectivity index (χ0n) is 14.9. The number of aliphatic hydroxyl groups is 1. The Morgan fingerprint density at radius 3 is 1.82 bits per heavy atom. The number of aliphatic hydroxyl groups excluding tert-OH is 1. The highest BCUT2D eigenvalue weighted by Gasteiger charge is 2.17. The molecule has 0 aromatic heterocycles. The fraction of sp³-hybridized carbons (Fsp3) is 0.684. The Bertz CT molecular complexity index is 381. The number of rotatable bonds is 5. The van der Waals surface area contributed by atoms with Gasteiger partial charge in [-0.25, -0.2) is 0 Å². The van der Waals surface area contributed by atoms with Gasteiger partial charge in [-0.05, 0) is 17.0 Å². The average molecular weight is 306 g/mol. The number of hydrogen-bond acceptors (Lipinski definition) is 3. The molecule has 0 unspecified atom stereocenters. The Morgan fingerprint density at radius 1 is 0.909 bits per heavy atom. The van der Waals surface area contributed by atoms with E-state index in [-0.39, 0.29) is 6.61 Å². The number of piperazine rings is 1. The van der Waals surface area contributed by atoms with Crippen molar-refractivity contribution in [3.63, 3.8) is 0 Å². The topological polar surface area (TPSA) is 26.7 Å². The first kappa shape index (κ1) is 19.1. The summed E-state index contributed by atoms with van der Waals surface area (Å²) in [6.45, 7) is 15.9. The highest BCUT2D eigenvalue weighted by atomic mass is 16.3. The highest BCUT2D eigenvalue weighted by Crippen LogP contribution is 2.11. The summed E-state index contributed by atoms with van der Waals surface area (Å²) < 4.78 is 0. The maximum atomic E-state index is 9.04. The van der Waals surface area contributed by atoms with Crippen molar-refractivity contribution in [2.75, 3.05) is 32.7 Å². The number of hydrogen-bond donors (Lipinski definition) is 1. The van der Waals surface area contributed by atoms with Crippen LogP contribution in [0.1, 0.15) is 45.2 Å². The smallest absolute Gasteiger partial charge is 0.0681 e. The molecular formula is C19H34N2O. The van der Waals surface area contributed by atoms with E-state index in [1.807, 2.05) is 12.1 Å². The van der Waals surface area contributed by atoms with E-state index in [1.54, 1.807) is 0 Å². The summed E-state index contributed by atoms with van der Waals surface area (Å²) in [6, 6.07) is 8.30. The SMILES string of the molecule is CC(C)CN1CCN(Cc2ccc(CO)cc2)CC1.CCC. The van der Waals surface area contributed by atoms with E-state index < -0.39 is 0 Å². The van der Waals surface area contributed by atoms with Crippen molar-refractivity contribution >= 4 is 0 Å². The molecule has 22 heavy (non-hydrogen) atoms. The Labute approximate surface area is 136 Å². The molecular weight excluding hydrogens is 272 g/mol. The van der Waals surface area contributed by atoms with Gasteiger partial charge < -0.3 is 10.0 Å². The van der Waals surface area contributed by atoms with E-state index in [1.165, 1.54) is 31.6 Å². The molecule has 3 nitrogen and oxygen atoms in total. The second-order valence-electron chi connectivity index (χ2n) is 6.65. The maximum Gasteiger partial charge on any atom is 0.0681 e. The number of benzene rings is 1. The third-order valence-electron chi connectivity index (χ3n) is 3.70. The molecule has 0 amide bonds. The van der Waals surface area contributed by atoms with Crippen LogP contribution in [0.4, 0.5) is 0 Å². The van der Waals surface area contributed by atoms with Gasteiger partial charge in [0.05, 0.1) is 6.61 Å². The minimum Gasteiger partial charge on any atom is -0.392 e. The fourth-order valence-corrected chi connectivity index (χ4v) is 2.65. The van der Waals surface area contributed by atoms with E-state index in [2.05, 4.69) is 49.6 Å². The largest absolute Gasteiger partial charge is 0.392 e. The average Bonchev–Trinajstić information content (AvgIpc) is 2.50. The zero-order chi connectivity index (χ0) is 16.4. The predicted octanol–water partition coefficient (Wildman–Crippen LogP) is 3.37. The van der Waals surface area contributed by atoms with E-state index >= 15 is 0 Å². The molecule has 0 radical (unpaired) electrons. The monoisotopic (exact) mass is 306 g/mol. The van der Waals surface area contributed by atoms with Gasteiger partial charge in [-0.3, -0.25) is 4.90 Å². The minimum atomic E-state index is 0.133. The summed E-state index contributed by atoms with van der Waals surface area (Å²) in [5, 5.41) is 9.04. The minimum absolute atomic E-state index is 0.133.